The Morgan fingerprint density at radius 3 is 2.43 bits per heavy atom. The second-order valence-corrected chi connectivity index (χ2v) is 11.3. The van der Waals surface area contributed by atoms with Crippen molar-refractivity contribution >= 4 is 21.8 Å². The van der Waals surface area contributed by atoms with Gasteiger partial charge >= 0.3 is 6.18 Å². The molecule has 1 aliphatic heterocycles. The van der Waals surface area contributed by atoms with Crippen molar-refractivity contribution in [3.63, 3.8) is 0 Å². The predicted octanol–water partition coefficient (Wildman–Crippen LogP) is 6.64. The molecule has 2 aromatic carbocycles. The summed E-state index contributed by atoms with van der Waals surface area (Å²) in [5, 5.41) is 0.690. The maximum absolute atomic E-state index is 13.4. The van der Waals surface area contributed by atoms with Crippen LogP contribution in [0.3, 0.4) is 0 Å². The molecule has 2 aliphatic rings. The number of fused-ring (bicyclic) bond motifs is 1. The maximum Gasteiger partial charge on any atom is 0.416 e. The molecule has 9 heteroatoms. The molecule has 0 aromatic heterocycles. The molecular formula is C28H31F3N2O3S. The molecule has 5 nitrogen and oxygen atoms in total. The minimum atomic E-state index is -4.40. The van der Waals surface area contributed by atoms with E-state index in [0.717, 1.165) is 42.5 Å². The van der Waals surface area contributed by atoms with Crippen LogP contribution in [0.5, 0.6) is 11.5 Å². The molecule has 1 aliphatic carbocycles. The summed E-state index contributed by atoms with van der Waals surface area (Å²) < 4.78 is 57.5. The number of allylic oxidation sites excluding steroid dienone is 1. The average molecular weight is 533 g/mol. The minimum Gasteiger partial charge on any atom is -0.457 e. The third kappa shape index (κ3) is 6.14. The van der Waals surface area contributed by atoms with Gasteiger partial charge in [0.25, 0.3) is 5.91 Å². The Balaban J connectivity index is 1.50. The summed E-state index contributed by atoms with van der Waals surface area (Å²) in [7, 11) is -1.20. The number of carbonyl (C=O) groups is 1. The quantitative estimate of drug-likeness (QED) is 0.238. The van der Waals surface area contributed by atoms with Crippen LogP contribution in [-0.4, -0.2) is 31.9 Å². The van der Waals surface area contributed by atoms with Crippen molar-refractivity contribution in [3.8, 4) is 11.5 Å². The van der Waals surface area contributed by atoms with Crippen molar-refractivity contribution in [2.75, 3.05) is 6.54 Å². The van der Waals surface area contributed by atoms with Gasteiger partial charge in [-0.1, -0.05) is 38.5 Å². The third-order valence-corrected chi connectivity index (χ3v) is 8.75. The smallest absolute Gasteiger partial charge is 0.416 e. The predicted molar refractivity (Wildman–Crippen MR) is 139 cm³/mol. The molecule has 0 N–H and O–H groups in total. The number of nitrogens with zero attached hydrogens (tertiary/aromatic N) is 2. The van der Waals surface area contributed by atoms with Crippen molar-refractivity contribution in [2.45, 2.75) is 64.4 Å². The number of rotatable bonds is 6. The molecule has 2 aromatic rings. The van der Waals surface area contributed by atoms with Crippen LogP contribution in [0.2, 0.25) is 0 Å². The highest BCUT2D eigenvalue weighted by atomic mass is 32.2. The van der Waals surface area contributed by atoms with Gasteiger partial charge in [-0.3, -0.25) is 9.00 Å². The maximum atomic E-state index is 13.4. The Hall–Kier alpha value is -2.94. The van der Waals surface area contributed by atoms with Crippen LogP contribution in [0.25, 0.3) is 0 Å². The van der Waals surface area contributed by atoms with Crippen molar-refractivity contribution < 1.29 is 26.9 Å². The normalized spacial score (nSPS) is 17.9. The van der Waals surface area contributed by atoms with Crippen molar-refractivity contribution in [1.82, 2.24) is 4.90 Å². The highest BCUT2D eigenvalue weighted by Crippen LogP contribution is 2.34. The monoisotopic (exact) mass is 532 g/mol. The summed E-state index contributed by atoms with van der Waals surface area (Å²) in [4.78, 5) is 19.7. The van der Waals surface area contributed by atoms with Crippen LogP contribution < -0.4 is 4.74 Å². The molecule has 1 saturated carbocycles. The number of halogens is 3. The van der Waals surface area contributed by atoms with E-state index in [9.17, 15) is 22.2 Å². The van der Waals surface area contributed by atoms with E-state index >= 15 is 0 Å². The Labute approximate surface area is 217 Å². The van der Waals surface area contributed by atoms with Gasteiger partial charge in [0.15, 0.2) is 0 Å². The first kappa shape index (κ1) is 27.1. The molecule has 1 unspecified atom stereocenters. The minimum absolute atomic E-state index is 0.0313. The summed E-state index contributed by atoms with van der Waals surface area (Å²) in [5.74, 6) is 0.625. The second kappa shape index (κ2) is 11.2. The Morgan fingerprint density at radius 2 is 1.86 bits per heavy atom. The highest BCUT2D eigenvalue weighted by molar-refractivity contribution is 8.01. The standard InChI is InChI=1S/C28H31F3N2O3S/c1-4-24(32-26(18(2)3)37(35)22-8-6-9-22)27(34)33-16-15-23-19(17-33)7-5-10-25(23)36-21-13-11-20(12-14-21)28(29,30)31/h4-5,7,10-14,18,22H,6,8-9,15-17H2,1-3H3/b24-4-,32-26?. The van der Waals surface area contributed by atoms with E-state index in [-0.39, 0.29) is 22.8 Å². The molecule has 0 bridgehead atoms. The first-order chi connectivity index (χ1) is 17.6. The highest BCUT2D eigenvalue weighted by Gasteiger charge is 2.31. The number of aliphatic imine (C=N–C) groups is 1. The molecule has 1 fully saturated rings. The number of hydrogen-bond donors (Lipinski definition) is 0. The van der Waals surface area contributed by atoms with Crippen LogP contribution >= 0.6 is 0 Å². The van der Waals surface area contributed by atoms with E-state index in [1.165, 1.54) is 12.1 Å². The summed E-state index contributed by atoms with van der Waals surface area (Å²) in [6, 6.07) is 10.1. The molecular weight excluding hydrogens is 501 g/mol. The van der Waals surface area contributed by atoms with E-state index < -0.39 is 22.5 Å². The lowest BCUT2D eigenvalue weighted by Gasteiger charge is -2.30. The summed E-state index contributed by atoms with van der Waals surface area (Å²) >= 11 is 0. The molecule has 37 heavy (non-hydrogen) atoms. The number of carbonyl (C=O) groups excluding carboxylic acids is 1. The van der Waals surface area contributed by atoms with Crippen LogP contribution in [0.4, 0.5) is 13.2 Å². The first-order valence-electron chi connectivity index (χ1n) is 12.5. The lowest BCUT2D eigenvalue weighted by Crippen LogP contribution is -2.37. The second-order valence-electron chi connectivity index (χ2n) is 9.62. The van der Waals surface area contributed by atoms with Gasteiger partial charge in [0.2, 0.25) is 0 Å². The van der Waals surface area contributed by atoms with Gasteiger partial charge in [-0.25, -0.2) is 4.99 Å². The summed E-state index contributed by atoms with van der Waals surface area (Å²) in [5.41, 5.74) is 1.39. The van der Waals surface area contributed by atoms with Gasteiger partial charge in [-0.05, 0) is 62.1 Å². The molecule has 1 heterocycles. The third-order valence-electron chi connectivity index (χ3n) is 6.70. The van der Waals surface area contributed by atoms with Crippen LogP contribution in [-0.2, 0) is 34.7 Å². The fourth-order valence-corrected chi connectivity index (χ4v) is 6.12. The van der Waals surface area contributed by atoms with Gasteiger partial charge < -0.3 is 9.64 Å². The number of hydrogen-bond acceptors (Lipinski definition) is 4. The van der Waals surface area contributed by atoms with Crippen LogP contribution in [0, 0.1) is 5.92 Å². The summed E-state index contributed by atoms with van der Waals surface area (Å²) in [6.45, 7) is 6.45. The van der Waals surface area contributed by atoms with Gasteiger partial charge in [-0.15, -0.1) is 0 Å². The Bertz CT molecular complexity index is 1230. The van der Waals surface area contributed by atoms with E-state index in [4.69, 9.17) is 4.74 Å². The molecule has 1 amide bonds. The van der Waals surface area contributed by atoms with Gasteiger partial charge in [0, 0.05) is 29.8 Å². The fraction of sp³-hybridized carbons (Fsp3) is 0.429. The molecule has 4 rings (SSSR count). The Kier molecular flexibility index (Phi) is 8.21. The molecule has 0 spiro atoms. The lowest BCUT2D eigenvalue weighted by molar-refractivity contribution is -0.137. The van der Waals surface area contributed by atoms with E-state index in [0.29, 0.717) is 36.1 Å². The van der Waals surface area contributed by atoms with Crippen LogP contribution in [0.15, 0.2) is 59.2 Å². The number of benzene rings is 2. The van der Waals surface area contributed by atoms with E-state index in [2.05, 4.69) is 4.99 Å². The summed E-state index contributed by atoms with van der Waals surface area (Å²) in [6.07, 6.45) is 0.730. The SMILES string of the molecule is C/C=C(\N=C(C(C)C)S(=O)C1CCC1)C(=O)N1CCc2c(cccc2Oc2ccc(C(F)(F)F)cc2)C1. The molecule has 0 radical (unpaired) electrons. The van der Waals surface area contributed by atoms with E-state index in [1.54, 1.807) is 30.0 Å². The number of amides is 1. The lowest BCUT2D eigenvalue weighted by atomic mass is 9.98. The van der Waals surface area contributed by atoms with Crippen LogP contribution in [0.1, 0.15) is 56.7 Å². The zero-order valence-electron chi connectivity index (χ0n) is 21.2. The Morgan fingerprint density at radius 1 is 1.16 bits per heavy atom. The number of alkyl halides is 3. The topological polar surface area (TPSA) is 59.0 Å². The first-order valence-corrected chi connectivity index (χ1v) is 13.7. The van der Waals surface area contributed by atoms with Crippen molar-refractivity contribution in [2.24, 2.45) is 10.9 Å². The molecule has 0 saturated heterocycles. The number of ether oxygens (including phenoxy) is 1. The largest absolute Gasteiger partial charge is 0.457 e. The van der Waals surface area contributed by atoms with Crippen molar-refractivity contribution in [3.05, 3.63) is 70.9 Å². The van der Waals surface area contributed by atoms with Crippen molar-refractivity contribution in [1.29, 1.82) is 0 Å². The average Bonchev–Trinajstić information content (AvgIpc) is 2.82. The molecule has 198 valence electrons. The molecule has 1 atom stereocenters. The zero-order valence-corrected chi connectivity index (χ0v) is 22.0. The van der Waals surface area contributed by atoms with Gasteiger partial charge in [0.05, 0.1) is 16.4 Å². The van der Waals surface area contributed by atoms with Gasteiger partial charge in [-0.2, -0.15) is 13.2 Å². The van der Waals surface area contributed by atoms with Gasteiger partial charge in [0.1, 0.15) is 22.2 Å². The van der Waals surface area contributed by atoms with E-state index in [1.807, 2.05) is 19.9 Å². The zero-order chi connectivity index (χ0) is 26.7. The fourth-order valence-electron chi connectivity index (χ4n) is 4.36.